The first-order chi connectivity index (χ1) is 11.2. The number of hydrogen-bond acceptors (Lipinski definition) is 9. The predicted molar refractivity (Wildman–Crippen MR) is 78.0 cm³/mol. The predicted octanol–water partition coefficient (Wildman–Crippen LogP) is -3.85. The molecule has 1 aliphatic heterocycles. The summed E-state index contributed by atoms with van der Waals surface area (Å²) in [5.41, 5.74) is 12.8. The molecule has 1 aliphatic rings. The van der Waals surface area contributed by atoms with Gasteiger partial charge in [-0.1, -0.05) is 0 Å². The van der Waals surface area contributed by atoms with E-state index in [0.29, 0.717) is 0 Å². The van der Waals surface area contributed by atoms with Gasteiger partial charge in [0.1, 0.15) is 24.4 Å². The van der Waals surface area contributed by atoms with Gasteiger partial charge in [-0.2, -0.15) is 0 Å². The molecule has 24 heavy (non-hydrogen) atoms. The van der Waals surface area contributed by atoms with Gasteiger partial charge < -0.3 is 41.5 Å². The first kappa shape index (κ1) is 19.6. The number of carbonyl (C=O) groups is 2. The van der Waals surface area contributed by atoms with Crippen molar-refractivity contribution in [2.24, 2.45) is 16.5 Å². The second-order valence-corrected chi connectivity index (χ2v) is 4.94. The summed E-state index contributed by atoms with van der Waals surface area (Å²) in [4.78, 5) is 30.6. The van der Waals surface area contributed by atoms with Crippen LogP contribution in [0, 0.1) is 0 Å². The van der Waals surface area contributed by atoms with E-state index in [1.807, 2.05) is 0 Å². The number of nitrogens with two attached hydrogens (primary N) is 2. The van der Waals surface area contributed by atoms with Crippen molar-refractivity contribution in [2.45, 2.75) is 37.3 Å². The van der Waals surface area contributed by atoms with Crippen molar-refractivity contribution in [1.82, 2.24) is 5.48 Å². The summed E-state index contributed by atoms with van der Waals surface area (Å²) in [6.07, 6.45) is -3.79. The molecular weight excluding hydrogens is 328 g/mol. The van der Waals surface area contributed by atoms with Crippen LogP contribution < -0.4 is 16.9 Å². The Kier molecular flexibility index (Phi) is 6.91. The fourth-order valence-corrected chi connectivity index (χ4v) is 2.02. The Morgan fingerprint density at radius 1 is 1.46 bits per heavy atom. The number of carboxylic acid groups (broad SMARTS) is 1. The summed E-state index contributed by atoms with van der Waals surface area (Å²) in [7, 11) is 0. The van der Waals surface area contributed by atoms with Crippen molar-refractivity contribution in [2.75, 3.05) is 6.61 Å². The Morgan fingerprint density at radius 3 is 2.54 bits per heavy atom. The maximum absolute atomic E-state index is 11.2. The highest BCUT2D eigenvalue weighted by Crippen LogP contribution is 2.24. The molecule has 0 spiro atoms. The lowest BCUT2D eigenvalue weighted by atomic mass is 9.93. The summed E-state index contributed by atoms with van der Waals surface area (Å²) in [6.45, 7) is 0.277. The van der Waals surface area contributed by atoms with Crippen LogP contribution in [0.25, 0.3) is 0 Å². The maximum Gasteiger partial charge on any atom is 0.370 e. The Morgan fingerprint density at radius 2 is 2.08 bits per heavy atom. The van der Waals surface area contributed by atoms with Crippen LogP contribution in [0.15, 0.2) is 16.8 Å². The smallest absolute Gasteiger partial charge is 0.370 e. The lowest BCUT2D eigenvalue weighted by Crippen LogP contribution is -2.59. The maximum atomic E-state index is 11.2. The topological polar surface area (TPSA) is 210 Å². The van der Waals surface area contributed by atoms with E-state index in [1.54, 1.807) is 0 Å². The number of hydrogen-bond donors (Lipinski definition) is 7. The lowest BCUT2D eigenvalue weighted by molar-refractivity contribution is -0.163. The molecule has 5 atom stereocenters. The van der Waals surface area contributed by atoms with E-state index >= 15 is 0 Å². The van der Waals surface area contributed by atoms with Gasteiger partial charge in [-0.15, -0.1) is 5.48 Å². The first-order valence-electron chi connectivity index (χ1n) is 6.77. The third kappa shape index (κ3) is 5.06. The Balaban J connectivity index is 3.24. The van der Waals surface area contributed by atoms with Gasteiger partial charge in [0.15, 0.2) is 5.96 Å². The van der Waals surface area contributed by atoms with Gasteiger partial charge in [0.05, 0.1) is 12.6 Å². The zero-order valence-electron chi connectivity index (χ0n) is 12.7. The summed E-state index contributed by atoms with van der Waals surface area (Å²) in [6, 6.07) is -2.24. The van der Waals surface area contributed by atoms with E-state index in [1.165, 1.54) is 0 Å². The van der Waals surface area contributed by atoms with Gasteiger partial charge >= 0.3 is 11.9 Å². The number of ether oxygens (including phenoxy) is 1. The molecule has 0 bridgehead atoms. The largest absolute Gasteiger partial charge is 0.479 e. The molecule has 0 aromatic carbocycles. The molecule has 0 radical (unpaired) electrons. The molecule has 12 nitrogen and oxygen atoms in total. The summed E-state index contributed by atoms with van der Waals surface area (Å²) < 4.78 is 5.13. The molecule has 1 heterocycles. The fraction of sp³-hybridized carbons (Fsp3) is 0.583. The number of rotatable bonds is 7. The third-order valence-electron chi connectivity index (χ3n) is 3.07. The van der Waals surface area contributed by atoms with E-state index in [0.717, 1.165) is 13.0 Å². The Labute approximate surface area is 136 Å². The summed E-state index contributed by atoms with van der Waals surface area (Å²) in [5.74, 6) is -3.18. The number of aliphatic hydroxyl groups excluding tert-OH is 3. The van der Waals surface area contributed by atoms with Gasteiger partial charge in [0.2, 0.25) is 5.76 Å². The van der Waals surface area contributed by atoms with Crippen molar-refractivity contribution in [3.63, 3.8) is 0 Å². The molecule has 0 aliphatic carbocycles. The molecule has 0 fully saturated rings. The average molecular weight is 348 g/mol. The SMILES string of the molecule is CC(=O)ON[C@@H]1[C@@H]([C@@H](O)[C@@H](O)CO)OC(C(=O)O)=C[C@H]1N=C(N)N. The van der Waals surface area contributed by atoms with Crippen molar-refractivity contribution in [3.05, 3.63) is 11.8 Å². The van der Waals surface area contributed by atoms with Crippen LogP contribution in [0.2, 0.25) is 0 Å². The fourth-order valence-electron chi connectivity index (χ4n) is 2.02. The van der Waals surface area contributed by atoms with E-state index < -0.39 is 60.7 Å². The van der Waals surface area contributed by atoms with Gasteiger partial charge in [-0.05, 0) is 6.08 Å². The number of carbonyl (C=O) groups excluding carboxylic acids is 1. The molecule has 136 valence electrons. The van der Waals surface area contributed by atoms with Crippen molar-refractivity contribution >= 4 is 17.9 Å². The molecule has 0 saturated carbocycles. The van der Waals surface area contributed by atoms with Gasteiger partial charge in [-0.3, -0.25) is 4.79 Å². The highest BCUT2D eigenvalue weighted by Gasteiger charge is 2.44. The zero-order chi connectivity index (χ0) is 18.4. The number of hydroxylamine groups is 1. The Bertz CT molecular complexity index is 533. The van der Waals surface area contributed by atoms with Gasteiger partial charge in [-0.25, -0.2) is 9.79 Å². The minimum Gasteiger partial charge on any atom is -0.479 e. The highest BCUT2D eigenvalue weighted by atomic mass is 16.7. The van der Waals surface area contributed by atoms with Crippen molar-refractivity contribution < 1.29 is 39.6 Å². The van der Waals surface area contributed by atoms with E-state index in [9.17, 15) is 19.8 Å². The number of nitrogens with one attached hydrogen (secondary N) is 1. The normalized spacial score (nSPS) is 25.7. The summed E-state index contributed by atoms with van der Waals surface area (Å²) in [5, 5.41) is 37.7. The zero-order valence-corrected chi connectivity index (χ0v) is 12.7. The quantitative estimate of drug-likeness (QED) is 0.134. The van der Waals surface area contributed by atoms with Crippen LogP contribution in [0.5, 0.6) is 0 Å². The number of aliphatic imine (C=N–C) groups is 1. The molecular formula is C12H20N4O8. The number of guanidine groups is 1. The number of aliphatic hydroxyl groups is 3. The third-order valence-corrected chi connectivity index (χ3v) is 3.07. The van der Waals surface area contributed by atoms with Crippen LogP contribution >= 0.6 is 0 Å². The molecule has 0 aromatic rings. The summed E-state index contributed by atoms with van der Waals surface area (Å²) >= 11 is 0. The molecule has 0 aromatic heterocycles. The van der Waals surface area contributed by atoms with E-state index in [2.05, 4.69) is 15.3 Å². The van der Waals surface area contributed by atoms with Crippen LogP contribution in [0.3, 0.4) is 0 Å². The molecule has 0 amide bonds. The van der Waals surface area contributed by atoms with Crippen LogP contribution in [0.1, 0.15) is 6.92 Å². The van der Waals surface area contributed by atoms with Crippen LogP contribution in [-0.4, -0.2) is 75.3 Å². The number of carboxylic acids is 1. The minimum absolute atomic E-state index is 0.395. The molecule has 1 rings (SSSR count). The second kappa shape index (κ2) is 8.44. The van der Waals surface area contributed by atoms with Crippen molar-refractivity contribution in [1.29, 1.82) is 0 Å². The molecule has 0 unspecified atom stereocenters. The number of nitrogens with zero attached hydrogens (tertiary/aromatic N) is 1. The van der Waals surface area contributed by atoms with Gasteiger partial charge in [0.25, 0.3) is 0 Å². The minimum atomic E-state index is -1.73. The van der Waals surface area contributed by atoms with Gasteiger partial charge in [0, 0.05) is 6.92 Å². The van der Waals surface area contributed by atoms with Crippen LogP contribution in [0.4, 0.5) is 0 Å². The standard InChI is InChI=1S/C12H20N4O8/c1-4(18)24-16-8-5(15-12(13)14)2-7(11(21)22)23-10(8)9(20)6(19)3-17/h2,5-6,8-10,16-17,19-20H,3H2,1H3,(H,21,22)(H4,13,14,15)/t5-,6+,8+,9+,10+/m1/s1. The molecule has 12 heteroatoms. The molecule has 0 saturated heterocycles. The van der Waals surface area contributed by atoms with Crippen molar-refractivity contribution in [3.8, 4) is 0 Å². The highest BCUT2D eigenvalue weighted by molar-refractivity contribution is 5.85. The lowest BCUT2D eigenvalue weighted by Gasteiger charge is -2.37. The Hall–Kier alpha value is -2.41. The monoisotopic (exact) mass is 348 g/mol. The molecule has 9 N–H and O–H groups in total. The van der Waals surface area contributed by atoms with E-state index in [4.69, 9.17) is 26.4 Å². The first-order valence-corrected chi connectivity index (χ1v) is 6.77. The van der Waals surface area contributed by atoms with Crippen LogP contribution in [-0.2, 0) is 19.2 Å². The number of aliphatic carboxylic acids is 1. The average Bonchev–Trinajstić information content (AvgIpc) is 2.50. The van der Waals surface area contributed by atoms with E-state index in [-0.39, 0.29) is 0 Å². The second-order valence-electron chi connectivity index (χ2n) is 4.94.